The normalized spacial score (nSPS) is 16.4. The van der Waals surface area contributed by atoms with Crippen LogP contribution in [-0.4, -0.2) is 50.1 Å². The molecule has 8 heteroatoms. The van der Waals surface area contributed by atoms with Gasteiger partial charge in [-0.1, -0.05) is 0 Å². The van der Waals surface area contributed by atoms with E-state index >= 15 is 0 Å². The Bertz CT molecular complexity index is 854. The second kappa shape index (κ2) is 8.46. The van der Waals surface area contributed by atoms with Crippen molar-refractivity contribution in [3.8, 4) is 17.2 Å². The zero-order valence-corrected chi connectivity index (χ0v) is 16.3. The standard InChI is InChI=1S/C21H24N2O6/c1-26-17-11-15(12-18-19(17)29-10-9-28-18)21(25)23-6-4-14(5-7-23)20(24)22-13-16-3-2-8-27-16/h2-3,8,11-12,14H,4-7,9-10,13H2,1H3,(H,22,24). The number of amides is 2. The molecule has 0 atom stereocenters. The minimum atomic E-state index is -0.108. The molecular weight excluding hydrogens is 376 g/mol. The largest absolute Gasteiger partial charge is 0.493 e. The fourth-order valence-electron chi connectivity index (χ4n) is 3.66. The van der Waals surface area contributed by atoms with E-state index in [0.717, 1.165) is 5.76 Å². The van der Waals surface area contributed by atoms with Gasteiger partial charge in [-0.15, -0.1) is 0 Å². The molecule has 0 saturated carbocycles. The predicted molar refractivity (Wildman–Crippen MR) is 103 cm³/mol. The first-order chi connectivity index (χ1) is 14.2. The summed E-state index contributed by atoms with van der Waals surface area (Å²) in [5.41, 5.74) is 0.492. The van der Waals surface area contributed by atoms with Gasteiger partial charge in [-0.05, 0) is 37.1 Å². The number of methoxy groups -OCH3 is 1. The first kappa shape index (κ1) is 19.2. The molecule has 0 spiro atoms. The number of carbonyl (C=O) groups is 2. The van der Waals surface area contributed by atoms with Gasteiger partial charge in [0, 0.05) is 24.6 Å². The summed E-state index contributed by atoms with van der Waals surface area (Å²) in [7, 11) is 1.54. The molecule has 1 aromatic carbocycles. The number of carbonyl (C=O) groups excluding carboxylic acids is 2. The monoisotopic (exact) mass is 400 g/mol. The molecule has 2 aliphatic heterocycles. The van der Waals surface area contributed by atoms with Crippen LogP contribution in [0, 0.1) is 5.92 Å². The van der Waals surface area contributed by atoms with E-state index in [1.54, 1.807) is 29.4 Å². The van der Waals surface area contributed by atoms with Gasteiger partial charge in [-0.25, -0.2) is 0 Å². The zero-order chi connectivity index (χ0) is 20.2. The molecule has 29 heavy (non-hydrogen) atoms. The third-order valence-electron chi connectivity index (χ3n) is 5.24. The van der Waals surface area contributed by atoms with Crippen molar-refractivity contribution in [1.82, 2.24) is 10.2 Å². The van der Waals surface area contributed by atoms with E-state index in [2.05, 4.69) is 5.32 Å². The van der Waals surface area contributed by atoms with Gasteiger partial charge in [0.2, 0.25) is 11.7 Å². The molecule has 8 nitrogen and oxygen atoms in total. The Morgan fingerprint density at radius 3 is 2.72 bits per heavy atom. The first-order valence-corrected chi connectivity index (χ1v) is 9.72. The highest BCUT2D eigenvalue weighted by atomic mass is 16.6. The van der Waals surface area contributed by atoms with Gasteiger partial charge in [-0.2, -0.15) is 0 Å². The van der Waals surface area contributed by atoms with Gasteiger partial charge >= 0.3 is 0 Å². The molecule has 0 aliphatic carbocycles. The molecule has 1 aromatic heterocycles. The Hall–Kier alpha value is -3.16. The Balaban J connectivity index is 1.36. The minimum absolute atomic E-state index is 0.00509. The molecule has 2 aliphatic rings. The number of rotatable bonds is 5. The van der Waals surface area contributed by atoms with E-state index in [4.69, 9.17) is 18.6 Å². The highest BCUT2D eigenvalue weighted by Gasteiger charge is 2.29. The van der Waals surface area contributed by atoms with E-state index in [1.165, 1.54) is 7.11 Å². The molecule has 0 bridgehead atoms. The maximum absolute atomic E-state index is 13.0. The van der Waals surface area contributed by atoms with Crippen LogP contribution >= 0.6 is 0 Å². The molecular formula is C21H24N2O6. The molecule has 0 radical (unpaired) electrons. The zero-order valence-electron chi connectivity index (χ0n) is 16.3. The number of ether oxygens (including phenoxy) is 3. The van der Waals surface area contributed by atoms with Gasteiger partial charge in [-0.3, -0.25) is 9.59 Å². The molecule has 1 N–H and O–H groups in total. The van der Waals surface area contributed by atoms with Crippen molar-refractivity contribution in [2.75, 3.05) is 33.4 Å². The summed E-state index contributed by atoms with van der Waals surface area (Å²) in [6.45, 7) is 2.31. The van der Waals surface area contributed by atoms with Crippen molar-refractivity contribution in [2.24, 2.45) is 5.92 Å². The third kappa shape index (κ3) is 4.16. The number of furan rings is 1. The van der Waals surface area contributed by atoms with Crippen molar-refractivity contribution in [2.45, 2.75) is 19.4 Å². The van der Waals surface area contributed by atoms with Crippen LogP contribution in [-0.2, 0) is 11.3 Å². The molecule has 2 amide bonds. The van der Waals surface area contributed by atoms with Gasteiger partial charge < -0.3 is 28.8 Å². The molecule has 4 rings (SSSR count). The predicted octanol–water partition coefficient (Wildman–Crippen LogP) is 2.23. The Labute approximate surface area is 168 Å². The summed E-state index contributed by atoms with van der Waals surface area (Å²) >= 11 is 0. The number of nitrogens with one attached hydrogen (secondary N) is 1. The number of piperidine rings is 1. The first-order valence-electron chi connectivity index (χ1n) is 9.72. The number of fused-ring (bicyclic) bond motifs is 1. The van der Waals surface area contributed by atoms with Crippen molar-refractivity contribution in [1.29, 1.82) is 0 Å². The fourth-order valence-corrected chi connectivity index (χ4v) is 3.66. The molecule has 154 valence electrons. The van der Waals surface area contributed by atoms with Gasteiger partial charge in [0.15, 0.2) is 11.5 Å². The molecule has 1 saturated heterocycles. The van der Waals surface area contributed by atoms with E-state index < -0.39 is 0 Å². The average molecular weight is 400 g/mol. The van der Waals surface area contributed by atoms with Crippen LogP contribution in [0.4, 0.5) is 0 Å². The van der Waals surface area contributed by atoms with E-state index in [9.17, 15) is 9.59 Å². The van der Waals surface area contributed by atoms with Gasteiger partial charge in [0.1, 0.15) is 19.0 Å². The number of benzene rings is 1. The van der Waals surface area contributed by atoms with E-state index in [-0.39, 0.29) is 17.7 Å². The van der Waals surface area contributed by atoms with Crippen molar-refractivity contribution in [3.63, 3.8) is 0 Å². The Morgan fingerprint density at radius 1 is 1.21 bits per heavy atom. The summed E-state index contributed by atoms with van der Waals surface area (Å²) in [5.74, 6) is 2.04. The lowest BCUT2D eigenvalue weighted by molar-refractivity contribution is -0.126. The van der Waals surface area contributed by atoms with E-state index in [0.29, 0.717) is 68.5 Å². The SMILES string of the molecule is COc1cc(C(=O)N2CCC(C(=O)NCc3ccco3)CC2)cc2c1OCCO2. The van der Waals surface area contributed by atoms with Crippen LogP contribution in [0.15, 0.2) is 34.9 Å². The molecule has 3 heterocycles. The van der Waals surface area contributed by atoms with Crippen LogP contribution in [0.2, 0.25) is 0 Å². The van der Waals surface area contributed by atoms with Crippen LogP contribution in [0.25, 0.3) is 0 Å². The minimum Gasteiger partial charge on any atom is -0.493 e. The van der Waals surface area contributed by atoms with Crippen molar-refractivity contribution >= 4 is 11.8 Å². The van der Waals surface area contributed by atoms with Crippen LogP contribution in [0.3, 0.4) is 0 Å². The van der Waals surface area contributed by atoms with Crippen LogP contribution < -0.4 is 19.5 Å². The smallest absolute Gasteiger partial charge is 0.254 e. The van der Waals surface area contributed by atoms with Gasteiger partial charge in [0.25, 0.3) is 5.91 Å². The lowest BCUT2D eigenvalue weighted by Crippen LogP contribution is -2.43. The van der Waals surface area contributed by atoms with Gasteiger partial charge in [0.05, 0.1) is 19.9 Å². The Morgan fingerprint density at radius 2 is 2.00 bits per heavy atom. The Kier molecular flexibility index (Phi) is 5.59. The maximum atomic E-state index is 13.0. The number of hydrogen-bond acceptors (Lipinski definition) is 6. The topological polar surface area (TPSA) is 90.2 Å². The number of hydrogen-bond donors (Lipinski definition) is 1. The summed E-state index contributed by atoms with van der Waals surface area (Å²) in [6, 6.07) is 6.99. The highest BCUT2D eigenvalue weighted by Crippen LogP contribution is 2.40. The number of nitrogens with zero attached hydrogens (tertiary/aromatic N) is 1. The fraction of sp³-hybridized carbons (Fsp3) is 0.429. The third-order valence-corrected chi connectivity index (χ3v) is 5.24. The number of likely N-dealkylation sites (tertiary alicyclic amines) is 1. The lowest BCUT2D eigenvalue weighted by atomic mass is 9.95. The van der Waals surface area contributed by atoms with Crippen molar-refractivity contribution < 1.29 is 28.2 Å². The second-order valence-electron chi connectivity index (χ2n) is 7.07. The molecule has 2 aromatic rings. The van der Waals surface area contributed by atoms with Crippen LogP contribution in [0.5, 0.6) is 17.2 Å². The van der Waals surface area contributed by atoms with Crippen molar-refractivity contribution in [3.05, 3.63) is 41.9 Å². The summed E-state index contributed by atoms with van der Waals surface area (Å²) in [6.07, 6.45) is 2.83. The highest BCUT2D eigenvalue weighted by molar-refractivity contribution is 5.96. The quantitative estimate of drug-likeness (QED) is 0.828. The summed E-state index contributed by atoms with van der Waals surface area (Å²) in [4.78, 5) is 27.1. The maximum Gasteiger partial charge on any atom is 0.254 e. The van der Waals surface area contributed by atoms with E-state index in [1.807, 2.05) is 6.07 Å². The molecule has 0 unspecified atom stereocenters. The molecule has 1 fully saturated rings. The lowest BCUT2D eigenvalue weighted by Gasteiger charge is -2.31. The summed E-state index contributed by atoms with van der Waals surface area (Å²) < 4.78 is 21.8. The average Bonchev–Trinajstić information content (AvgIpc) is 3.30. The second-order valence-corrected chi connectivity index (χ2v) is 7.07. The summed E-state index contributed by atoms with van der Waals surface area (Å²) in [5, 5.41) is 2.90. The van der Waals surface area contributed by atoms with Crippen LogP contribution in [0.1, 0.15) is 29.0 Å².